The molecule has 2 N–H and O–H groups in total. The van der Waals surface area contributed by atoms with Crippen molar-refractivity contribution in [2.24, 2.45) is 11.3 Å². The van der Waals surface area contributed by atoms with Crippen LogP contribution in [-0.4, -0.2) is 22.2 Å². The van der Waals surface area contributed by atoms with Gasteiger partial charge in [0.25, 0.3) is 0 Å². The minimum atomic E-state index is -0.358. The number of ketones is 1. The molecule has 0 spiro atoms. The molecule has 0 bridgehead atoms. The minimum absolute atomic E-state index is 0.0462. The smallest absolute Gasteiger partial charge is 0.236 e. The summed E-state index contributed by atoms with van der Waals surface area (Å²) >= 11 is 0. The molecule has 0 aromatic rings. The lowest BCUT2D eigenvalue weighted by molar-refractivity contribution is -0.603. The molecule has 0 aromatic heterocycles. The second kappa shape index (κ2) is 3.48. The molecule has 0 heterocycles. The summed E-state index contributed by atoms with van der Waals surface area (Å²) < 4.78 is 1.46. The van der Waals surface area contributed by atoms with Crippen LogP contribution < -0.4 is 5.84 Å². The summed E-state index contributed by atoms with van der Waals surface area (Å²) in [7, 11) is 0. The molecule has 0 radical (unpaired) electrons. The van der Waals surface area contributed by atoms with E-state index in [1.807, 2.05) is 41.5 Å². The summed E-state index contributed by atoms with van der Waals surface area (Å²) in [6.07, 6.45) is 1.47. The van der Waals surface area contributed by atoms with Crippen molar-refractivity contribution in [1.29, 1.82) is 0 Å². The van der Waals surface area contributed by atoms with Gasteiger partial charge in [0.2, 0.25) is 12.0 Å². The Morgan fingerprint density at radius 1 is 1.15 bits per heavy atom. The molecule has 0 unspecified atom stereocenters. The summed E-state index contributed by atoms with van der Waals surface area (Å²) in [6, 6.07) is 0. The van der Waals surface area contributed by atoms with E-state index in [0.717, 1.165) is 0 Å². The lowest BCUT2D eigenvalue weighted by Crippen LogP contribution is -2.42. The Hall–Kier alpha value is -0.860. The maximum absolute atomic E-state index is 11.5. The van der Waals surface area contributed by atoms with E-state index >= 15 is 0 Å². The first kappa shape index (κ1) is 12.1. The van der Waals surface area contributed by atoms with Gasteiger partial charge in [-0.15, -0.1) is 4.68 Å². The second-order valence-electron chi connectivity index (χ2n) is 5.32. The molecule has 0 atom stereocenters. The van der Waals surface area contributed by atoms with Gasteiger partial charge in [-0.2, -0.15) is 0 Å². The van der Waals surface area contributed by atoms with Gasteiger partial charge in [-0.1, -0.05) is 20.8 Å². The van der Waals surface area contributed by atoms with Gasteiger partial charge in [-0.3, -0.25) is 4.79 Å². The molecule has 0 aromatic carbocycles. The zero-order chi connectivity index (χ0) is 10.9. The van der Waals surface area contributed by atoms with Gasteiger partial charge in [0, 0.05) is 26.2 Å². The summed E-state index contributed by atoms with van der Waals surface area (Å²) in [5.74, 6) is 5.75. The highest BCUT2D eigenvalue weighted by Gasteiger charge is 2.27. The van der Waals surface area contributed by atoms with Gasteiger partial charge < -0.3 is 0 Å². The van der Waals surface area contributed by atoms with Crippen LogP contribution in [0.25, 0.3) is 0 Å². The van der Waals surface area contributed by atoms with Gasteiger partial charge in [0.15, 0.2) is 5.54 Å². The number of hydrogen-bond donors (Lipinski definition) is 1. The van der Waals surface area contributed by atoms with Gasteiger partial charge in [0.1, 0.15) is 0 Å². The topological polar surface area (TPSA) is 46.1 Å². The third kappa shape index (κ3) is 4.06. The van der Waals surface area contributed by atoms with Crippen LogP contribution in [0.1, 0.15) is 41.5 Å². The molecule has 3 nitrogen and oxygen atoms in total. The SMILES string of the molecule is CC(C)(C)C(=O)C=[N+](N)C(C)(C)C. The van der Waals surface area contributed by atoms with Crippen molar-refractivity contribution < 1.29 is 9.48 Å². The van der Waals surface area contributed by atoms with E-state index in [9.17, 15) is 4.79 Å². The molecule has 76 valence electrons. The normalized spacial score (nSPS) is 14.5. The Balaban J connectivity index is 4.70. The van der Waals surface area contributed by atoms with E-state index in [4.69, 9.17) is 5.84 Å². The zero-order valence-electron chi connectivity index (χ0n) is 9.51. The average Bonchev–Trinajstić information content (AvgIpc) is 1.82. The lowest BCUT2D eigenvalue weighted by Gasteiger charge is -2.15. The fraction of sp³-hybridized carbons (Fsp3) is 0.800. The van der Waals surface area contributed by atoms with Crippen molar-refractivity contribution >= 4 is 12.0 Å². The summed E-state index contributed by atoms with van der Waals surface area (Å²) in [6.45, 7) is 11.5. The molecule has 0 saturated carbocycles. The van der Waals surface area contributed by atoms with Crippen molar-refractivity contribution in [3.63, 3.8) is 0 Å². The molecule has 3 heteroatoms. The largest absolute Gasteiger partial charge is 0.287 e. The van der Waals surface area contributed by atoms with Gasteiger partial charge >= 0.3 is 0 Å². The minimum Gasteiger partial charge on any atom is -0.287 e. The van der Waals surface area contributed by atoms with Gasteiger partial charge in [-0.25, -0.2) is 5.84 Å². The number of hydrazine groups is 1. The quantitative estimate of drug-likeness (QED) is 0.290. The number of hydrogen-bond acceptors (Lipinski definition) is 2. The third-order valence-electron chi connectivity index (χ3n) is 1.77. The first-order chi connectivity index (χ1) is 5.55. The van der Waals surface area contributed by atoms with Crippen LogP contribution >= 0.6 is 0 Å². The number of Topliss-reactive ketones (excluding diaryl/α,β-unsaturated/α-hetero) is 1. The Bertz CT molecular complexity index is 228. The van der Waals surface area contributed by atoms with Crippen LogP contribution in [0, 0.1) is 5.41 Å². The molecule has 0 saturated heterocycles. The fourth-order valence-corrected chi connectivity index (χ4v) is 0.514. The van der Waals surface area contributed by atoms with Crippen LogP contribution in [0.15, 0.2) is 0 Å². The highest BCUT2D eigenvalue weighted by molar-refractivity contribution is 6.27. The monoisotopic (exact) mass is 185 g/mol. The van der Waals surface area contributed by atoms with Crippen molar-refractivity contribution in [3.8, 4) is 0 Å². The molecule has 0 aliphatic rings. The molecule has 0 amide bonds. The van der Waals surface area contributed by atoms with Gasteiger partial charge in [0.05, 0.1) is 0 Å². The molecule has 0 aliphatic heterocycles. The maximum Gasteiger partial charge on any atom is 0.236 e. The van der Waals surface area contributed by atoms with Crippen molar-refractivity contribution in [2.75, 3.05) is 0 Å². The predicted molar refractivity (Wildman–Crippen MR) is 54.7 cm³/mol. The van der Waals surface area contributed by atoms with E-state index in [-0.39, 0.29) is 16.7 Å². The van der Waals surface area contributed by atoms with Crippen LogP contribution in [0.2, 0.25) is 0 Å². The van der Waals surface area contributed by atoms with E-state index in [0.29, 0.717) is 0 Å². The fourth-order valence-electron chi connectivity index (χ4n) is 0.514. The van der Waals surface area contributed by atoms with E-state index in [1.165, 1.54) is 10.9 Å². The van der Waals surface area contributed by atoms with Crippen molar-refractivity contribution in [2.45, 2.75) is 47.1 Å². The highest BCUT2D eigenvalue weighted by atomic mass is 16.1. The summed E-state index contributed by atoms with van der Waals surface area (Å²) in [4.78, 5) is 11.5. The Morgan fingerprint density at radius 3 is 1.77 bits per heavy atom. The number of carbonyl (C=O) groups excluding carboxylic acids is 1. The van der Waals surface area contributed by atoms with Crippen LogP contribution in [-0.2, 0) is 4.79 Å². The van der Waals surface area contributed by atoms with Gasteiger partial charge in [-0.05, 0) is 0 Å². The van der Waals surface area contributed by atoms with Crippen molar-refractivity contribution in [1.82, 2.24) is 0 Å². The molecular weight excluding hydrogens is 164 g/mol. The van der Waals surface area contributed by atoms with Crippen LogP contribution in [0.5, 0.6) is 0 Å². The second-order valence-corrected chi connectivity index (χ2v) is 5.32. The van der Waals surface area contributed by atoms with E-state index < -0.39 is 0 Å². The lowest BCUT2D eigenvalue weighted by atomic mass is 9.91. The predicted octanol–water partition coefficient (Wildman–Crippen LogP) is 1.36. The number of carbonyl (C=O) groups is 1. The molecular formula is C10H21N2O+. The van der Waals surface area contributed by atoms with Crippen molar-refractivity contribution in [3.05, 3.63) is 0 Å². The number of hydrazone groups is 1. The average molecular weight is 185 g/mol. The first-order valence-electron chi connectivity index (χ1n) is 4.48. The Kier molecular flexibility index (Phi) is 3.25. The first-order valence-corrected chi connectivity index (χ1v) is 4.48. The number of nitrogens with zero attached hydrogens (tertiary/aromatic N) is 1. The Morgan fingerprint density at radius 2 is 1.54 bits per heavy atom. The zero-order valence-corrected chi connectivity index (χ0v) is 9.51. The number of rotatable bonds is 1. The maximum atomic E-state index is 11.5. The standard InChI is InChI=1S/C10H20N2O/c1-9(2,3)8(13)7-12(11)10(4,5)6/h7H,1-6H3,(H-,11,13)/p+1. The van der Waals surface area contributed by atoms with Crippen LogP contribution in [0.4, 0.5) is 0 Å². The number of nitrogens with two attached hydrogens (primary N) is 1. The molecule has 0 rings (SSSR count). The molecule has 0 aliphatic carbocycles. The molecule has 0 fully saturated rings. The summed E-state index contributed by atoms with van der Waals surface area (Å²) in [5, 5.41) is 0. The third-order valence-corrected chi connectivity index (χ3v) is 1.77. The Labute approximate surface area is 80.6 Å². The van der Waals surface area contributed by atoms with E-state index in [1.54, 1.807) is 0 Å². The highest BCUT2D eigenvalue weighted by Crippen LogP contribution is 2.13. The van der Waals surface area contributed by atoms with E-state index in [2.05, 4.69) is 0 Å². The van der Waals surface area contributed by atoms with Crippen LogP contribution in [0.3, 0.4) is 0 Å². The molecule has 13 heavy (non-hydrogen) atoms. The summed E-state index contributed by atoms with van der Waals surface area (Å²) in [5.41, 5.74) is -0.566.